The Morgan fingerprint density at radius 3 is 2.83 bits per heavy atom. The van der Waals surface area contributed by atoms with Crippen LogP contribution in [0, 0.1) is 0 Å². The highest BCUT2D eigenvalue weighted by Gasteiger charge is 2.05. The van der Waals surface area contributed by atoms with Crippen molar-refractivity contribution in [3.63, 3.8) is 0 Å². The van der Waals surface area contributed by atoms with Crippen LogP contribution in [0.15, 0.2) is 49.1 Å². The number of thioether (sulfide) groups is 1. The van der Waals surface area contributed by atoms with E-state index in [9.17, 15) is 4.79 Å². The molecule has 2 aromatic rings. The van der Waals surface area contributed by atoms with Crippen LogP contribution in [0.1, 0.15) is 5.76 Å². The molecule has 0 atom stereocenters. The zero-order valence-corrected chi connectivity index (χ0v) is 11.6. The van der Waals surface area contributed by atoms with Gasteiger partial charge in [0.25, 0.3) is 0 Å². The predicted octanol–water partition coefficient (Wildman–Crippen LogP) is 2.98. The second-order valence-electron chi connectivity index (χ2n) is 3.57. The Bertz CT molecular complexity index is 627. The molecule has 0 radical (unpaired) electrons. The van der Waals surface area contributed by atoms with Crippen molar-refractivity contribution in [1.29, 1.82) is 0 Å². The fourth-order valence-electron chi connectivity index (χ4n) is 1.32. The predicted molar refractivity (Wildman–Crippen MR) is 74.8 cm³/mol. The van der Waals surface area contributed by atoms with Crippen molar-refractivity contribution in [2.45, 2.75) is 10.6 Å². The maximum atomic E-state index is 11.2. The minimum atomic E-state index is -0.444. The molecule has 0 spiro atoms. The summed E-state index contributed by atoms with van der Waals surface area (Å²) in [5.74, 6) is 0.582. The Hall–Kier alpha value is -1.40. The smallest absolute Gasteiger partial charge is 0.226 e. The number of nitrogen functional groups attached to an aromatic ring is 1. The summed E-state index contributed by atoms with van der Waals surface area (Å²) in [6.45, 7) is 0. The summed E-state index contributed by atoms with van der Waals surface area (Å²) >= 11 is 4.80. The number of aromatic hydroxyl groups is 1. The zero-order valence-electron chi connectivity index (χ0n) is 9.22. The van der Waals surface area contributed by atoms with Crippen molar-refractivity contribution >= 4 is 33.4 Å². The summed E-state index contributed by atoms with van der Waals surface area (Å²) in [4.78, 5) is 12.1. The van der Waals surface area contributed by atoms with E-state index < -0.39 is 5.43 Å². The van der Waals surface area contributed by atoms with Gasteiger partial charge in [0, 0.05) is 21.1 Å². The Balaban J connectivity index is 2.11. The van der Waals surface area contributed by atoms with Crippen LogP contribution in [0.5, 0.6) is 5.75 Å². The highest BCUT2D eigenvalue weighted by atomic mass is 79.9. The van der Waals surface area contributed by atoms with E-state index in [1.54, 1.807) is 0 Å². The van der Waals surface area contributed by atoms with Crippen molar-refractivity contribution in [2.75, 3.05) is 5.73 Å². The van der Waals surface area contributed by atoms with Gasteiger partial charge < -0.3 is 15.3 Å². The molecule has 1 heterocycles. The Labute approximate surface area is 116 Å². The maximum Gasteiger partial charge on any atom is 0.226 e. The highest BCUT2D eigenvalue weighted by molar-refractivity contribution is 9.10. The fourth-order valence-corrected chi connectivity index (χ4v) is 2.54. The molecule has 0 saturated carbocycles. The molecule has 0 bridgehead atoms. The number of anilines is 1. The minimum absolute atomic E-state index is 0.382. The molecule has 0 aliphatic carbocycles. The summed E-state index contributed by atoms with van der Waals surface area (Å²) in [6, 6.07) is 6.88. The van der Waals surface area contributed by atoms with Gasteiger partial charge in [-0.05, 0) is 18.2 Å². The number of hydrogen-bond acceptors (Lipinski definition) is 5. The van der Waals surface area contributed by atoms with Crippen LogP contribution in [-0.2, 0) is 5.75 Å². The van der Waals surface area contributed by atoms with Crippen molar-refractivity contribution in [1.82, 2.24) is 0 Å². The van der Waals surface area contributed by atoms with Crippen LogP contribution in [0.25, 0.3) is 0 Å². The van der Waals surface area contributed by atoms with Gasteiger partial charge in [0.05, 0.1) is 5.75 Å². The quantitative estimate of drug-likeness (QED) is 0.669. The molecule has 0 fully saturated rings. The SMILES string of the molecule is Nc1cc(Br)ccc1SCc1cc(=O)c(O)co1. The van der Waals surface area contributed by atoms with Gasteiger partial charge in [-0.3, -0.25) is 4.79 Å². The lowest BCUT2D eigenvalue weighted by atomic mass is 10.3. The number of hydrogen-bond donors (Lipinski definition) is 2. The highest BCUT2D eigenvalue weighted by Crippen LogP contribution is 2.30. The van der Waals surface area contributed by atoms with Crippen LogP contribution in [-0.4, -0.2) is 5.11 Å². The van der Waals surface area contributed by atoms with E-state index in [1.807, 2.05) is 18.2 Å². The van der Waals surface area contributed by atoms with Gasteiger partial charge in [-0.1, -0.05) is 15.9 Å². The molecule has 18 heavy (non-hydrogen) atoms. The molecular weight excluding hydrogens is 318 g/mol. The van der Waals surface area contributed by atoms with Crippen LogP contribution >= 0.6 is 27.7 Å². The zero-order chi connectivity index (χ0) is 13.1. The topological polar surface area (TPSA) is 76.5 Å². The molecule has 94 valence electrons. The van der Waals surface area contributed by atoms with Crippen LogP contribution in [0.4, 0.5) is 5.69 Å². The normalized spacial score (nSPS) is 10.5. The molecule has 0 aliphatic heterocycles. The third kappa shape index (κ3) is 3.08. The van der Waals surface area contributed by atoms with E-state index in [4.69, 9.17) is 15.3 Å². The molecule has 3 N–H and O–H groups in total. The summed E-state index contributed by atoms with van der Waals surface area (Å²) < 4.78 is 6.02. The van der Waals surface area contributed by atoms with E-state index >= 15 is 0 Å². The third-order valence-electron chi connectivity index (χ3n) is 2.21. The van der Waals surface area contributed by atoms with Crippen molar-refractivity contribution in [2.24, 2.45) is 0 Å². The largest absolute Gasteiger partial charge is 0.502 e. The Morgan fingerprint density at radius 1 is 1.39 bits per heavy atom. The summed E-state index contributed by atoms with van der Waals surface area (Å²) in [5.41, 5.74) is 6.08. The first kappa shape index (κ1) is 13.0. The second kappa shape index (κ2) is 5.49. The second-order valence-corrected chi connectivity index (χ2v) is 5.50. The summed E-state index contributed by atoms with van der Waals surface area (Å²) in [6.07, 6.45) is 1.04. The van der Waals surface area contributed by atoms with Crippen molar-refractivity contribution < 1.29 is 9.52 Å². The number of halogens is 1. The number of benzene rings is 1. The van der Waals surface area contributed by atoms with E-state index in [0.717, 1.165) is 15.6 Å². The molecular formula is C12H10BrNO3S. The molecule has 1 aromatic carbocycles. The average molecular weight is 328 g/mol. The van der Waals surface area contributed by atoms with Gasteiger partial charge in [0.15, 0.2) is 5.75 Å². The van der Waals surface area contributed by atoms with Crippen LogP contribution in [0.3, 0.4) is 0 Å². The van der Waals surface area contributed by atoms with E-state index in [0.29, 0.717) is 17.2 Å². The van der Waals surface area contributed by atoms with Crippen molar-refractivity contribution in [3.8, 4) is 5.75 Å². The van der Waals surface area contributed by atoms with Crippen LogP contribution < -0.4 is 11.2 Å². The van der Waals surface area contributed by atoms with Crippen LogP contribution in [0.2, 0.25) is 0 Å². The van der Waals surface area contributed by atoms with Crippen molar-refractivity contribution in [3.05, 3.63) is 51.0 Å². The number of rotatable bonds is 3. The first-order valence-electron chi connectivity index (χ1n) is 5.05. The first-order chi connectivity index (χ1) is 8.56. The van der Waals surface area contributed by atoms with E-state index in [1.165, 1.54) is 17.8 Å². The maximum absolute atomic E-state index is 11.2. The van der Waals surface area contributed by atoms with Gasteiger partial charge in [-0.2, -0.15) is 0 Å². The lowest BCUT2D eigenvalue weighted by Crippen LogP contribution is -1.99. The monoisotopic (exact) mass is 327 g/mol. The molecule has 0 unspecified atom stereocenters. The molecule has 2 rings (SSSR count). The van der Waals surface area contributed by atoms with E-state index in [2.05, 4.69) is 15.9 Å². The summed E-state index contributed by atoms with van der Waals surface area (Å²) in [5, 5.41) is 9.07. The van der Waals surface area contributed by atoms with E-state index in [-0.39, 0.29) is 5.75 Å². The minimum Gasteiger partial charge on any atom is -0.502 e. The Kier molecular flexibility index (Phi) is 3.98. The summed E-state index contributed by atoms with van der Waals surface area (Å²) in [7, 11) is 0. The standard InChI is InChI=1S/C12H10BrNO3S/c13-7-1-2-12(9(14)3-7)18-6-8-4-10(15)11(16)5-17-8/h1-5,16H,6,14H2. The van der Waals surface area contributed by atoms with Gasteiger partial charge in [0.2, 0.25) is 5.43 Å². The van der Waals surface area contributed by atoms with Gasteiger partial charge in [0.1, 0.15) is 12.0 Å². The lowest BCUT2D eigenvalue weighted by molar-refractivity contribution is 0.419. The van der Waals surface area contributed by atoms with Gasteiger partial charge in [-0.25, -0.2) is 0 Å². The van der Waals surface area contributed by atoms with Gasteiger partial charge in [-0.15, -0.1) is 11.8 Å². The van der Waals surface area contributed by atoms with Gasteiger partial charge >= 0.3 is 0 Å². The Morgan fingerprint density at radius 2 is 2.17 bits per heavy atom. The molecule has 0 amide bonds. The molecule has 6 heteroatoms. The first-order valence-corrected chi connectivity index (χ1v) is 6.82. The number of nitrogens with two attached hydrogens (primary N) is 1. The average Bonchev–Trinajstić information content (AvgIpc) is 2.32. The molecule has 0 saturated heterocycles. The third-order valence-corrected chi connectivity index (χ3v) is 3.81. The molecule has 4 nitrogen and oxygen atoms in total. The fraction of sp³-hybridized carbons (Fsp3) is 0.0833. The molecule has 0 aliphatic rings. The molecule has 1 aromatic heterocycles. The lowest BCUT2D eigenvalue weighted by Gasteiger charge is -2.05.